The van der Waals surface area contributed by atoms with E-state index < -0.39 is 11.6 Å². The van der Waals surface area contributed by atoms with Gasteiger partial charge in [0.05, 0.1) is 11.9 Å². The summed E-state index contributed by atoms with van der Waals surface area (Å²) in [6, 6.07) is 12.7. The third kappa shape index (κ3) is 2.88. The predicted molar refractivity (Wildman–Crippen MR) is 95.4 cm³/mol. The minimum absolute atomic E-state index is 0.00256. The molecule has 0 saturated heterocycles. The van der Waals surface area contributed by atoms with Gasteiger partial charge in [0.25, 0.3) is 5.56 Å². The number of nitrogens with zero attached hydrogens (tertiary/aromatic N) is 3. The van der Waals surface area contributed by atoms with Gasteiger partial charge in [0.15, 0.2) is 10.8 Å². The van der Waals surface area contributed by atoms with Gasteiger partial charge in [-0.2, -0.15) is 5.10 Å². The molecule has 0 saturated carbocycles. The molecule has 0 aliphatic rings. The van der Waals surface area contributed by atoms with Gasteiger partial charge < -0.3 is 0 Å². The van der Waals surface area contributed by atoms with E-state index in [2.05, 4.69) is 15.2 Å². The smallest absolute Gasteiger partial charge is 0.268 e. The lowest BCUT2D eigenvalue weighted by Crippen LogP contribution is -2.21. The predicted octanol–water partition coefficient (Wildman–Crippen LogP) is 3.68. The average Bonchev–Trinajstić information content (AvgIpc) is 3.11. The molecule has 0 unspecified atom stereocenters. The van der Waals surface area contributed by atoms with E-state index >= 15 is 0 Å². The van der Waals surface area contributed by atoms with E-state index in [4.69, 9.17) is 0 Å². The highest BCUT2D eigenvalue weighted by atomic mass is 32.2. The van der Waals surface area contributed by atoms with Crippen molar-refractivity contribution in [2.75, 3.05) is 0 Å². The van der Waals surface area contributed by atoms with E-state index in [1.165, 1.54) is 29.0 Å². The van der Waals surface area contributed by atoms with Crippen molar-refractivity contribution < 1.29 is 8.78 Å². The molecule has 26 heavy (non-hydrogen) atoms. The van der Waals surface area contributed by atoms with Crippen LogP contribution >= 0.6 is 11.8 Å². The van der Waals surface area contributed by atoms with Crippen molar-refractivity contribution in [1.82, 2.24) is 19.7 Å². The summed E-state index contributed by atoms with van der Waals surface area (Å²) in [5.41, 5.74) is 0.589. The molecule has 1 N–H and O–H groups in total. The van der Waals surface area contributed by atoms with Crippen molar-refractivity contribution in [3.05, 3.63) is 82.3 Å². The topological polar surface area (TPSA) is 63.6 Å². The maximum absolute atomic E-state index is 13.9. The molecule has 0 aliphatic carbocycles. The molecule has 0 radical (unpaired) electrons. The van der Waals surface area contributed by atoms with Crippen LogP contribution in [0.3, 0.4) is 0 Å². The lowest BCUT2D eigenvalue weighted by atomic mass is 10.2. The second-order valence-corrected chi connectivity index (χ2v) is 6.43. The first-order chi connectivity index (χ1) is 12.6. The van der Waals surface area contributed by atoms with E-state index in [0.717, 1.165) is 11.8 Å². The van der Waals surface area contributed by atoms with Gasteiger partial charge in [-0.1, -0.05) is 36.0 Å². The number of fused-ring (bicyclic) bond motifs is 1. The quantitative estimate of drug-likeness (QED) is 0.440. The van der Waals surface area contributed by atoms with Crippen LogP contribution in [0.2, 0.25) is 0 Å². The van der Waals surface area contributed by atoms with Crippen molar-refractivity contribution in [2.45, 2.75) is 10.9 Å². The highest BCUT2D eigenvalue weighted by molar-refractivity contribution is 7.98. The Labute approximate surface area is 150 Å². The summed E-state index contributed by atoms with van der Waals surface area (Å²) in [4.78, 5) is 17.3. The van der Waals surface area contributed by atoms with Crippen molar-refractivity contribution in [1.29, 1.82) is 0 Å². The second kappa shape index (κ2) is 6.72. The Balaban J connectivity index is 1.82. The average molecular weight is 370 g/mol. The molecule has 2 aromatic carbocycles. The number of aromatic amines is 1. The van der Waals surface area contributed by atoms with Crippen molar-refractivity contribution >= 4 is 22.8 Å². The molecule has 2 aromatic heterocycles. The molecule has 0 amide bonds. The minimum Gasteiger partial charge on any atom is -0.268 e. The largest absolute Gasteiger partial charge is 0.269 e. The molecule has 4 rings (SSSR count). The van der Waals surface area contributed by atoms with Crippen LogP contribution in [0.15, 0.2) is 64.7 Å². The standard InChI is InChI=1S/C18H12F2N4OS/c19-14-7-4-8-15(20)13(14)10-26-18-22-16-12(9-21-23-16)17(25)24(18)11-5-2-1-3-6-11/h1-9H,10H2,(H,21,23). The number of para-hydroxylation sites is 1. The zero-order chi connectivity index (χ0) is 18.1. The molecule has 0 bridgehead atoms. The number of benzene rings is 2. The molecule has 5 nitrogen and oxygen atoms in total. The lowest BCUT2D eigenvalue weighted by molar-refractivity contribution is 0.566. The molecule has 130 valence electrons. The molecule has 8 heteroatoms. The van der Waals surface area contributed by atoms with Gasteiger partial charge in [-0.15, -0.1) is 0 Å². The Morgan fingerprint density at radius 1 is 1.04 bits per heavy atom. The fraction of sp³-hybridized carbons (Fsp3) is 0.0556. The van der Waals surface area contributed by atoms with E-state index in [-0.39, 0.29) is 16.9 Å². The first-order valence-corrected chi connectivity index (χ1v) is 8.71. The summed E-state index contributed by atoms with van der Waals surface area (Å²) >= 11 is 1.08. The summed E-state index contributed by atoms with van der Waals surface area (Å²) < 4.78 is 29.2. The number of halogens is 2. The van der Waals surface area contributed by atoms with E-state index in [1.54, 1.807) is 24.3 Å². The SMILES string of the molecule is O=c1c2cn[nH]c2nc(SCc2c(F)cccc2F)n1-c1ccccc1. The van der Waals surface area contributed by atoms with Gasteiger partial charge in [-0.3, -0.25) is 14.5 Å². The van der Waals surface area contributed by atoms with Gasteiger partial charge in [0.1, 0.15) is 17.0 Å². The van der Waals surface area contributed by atoms with Gasteiger partial charge in [0.2, 0.25) is 0 Å². The van der Waals surface area contributed by atoms with Crippen LogP contribution in [-0.4, -0.2) is 19.7 Å². The van der Waals surface area contributed by atoms with Crippen LogP contribution in [0.25, 0.3) is 16.7 Å². The molecular weight excluding hydrogens is 358 g/mol. The Bertz CT molecular complexity index is 1120. The Morgan fingerprint density at radius 3 is 2.50 bits per heavy atom. The highest BCUT2D eigenvalue weighted by Gasteiger charge is 2.16. The second-order valence-electron chi connectivity index (χ2n) is 5.49. The van der Waals surface area contributed by atoms with Gasteiger partial charge >= 0.3 is 0 Å². The first-order valence-electron chi connectivity index (χ1n) is 7.72. The summed E-state index contributed by atoms with van der Waals surface area (Å²) in [5.74, 6) is -1.26. The summed E-state index contributed by atoms with van der Waals surface area (Å²) in [7, 11) is 0. The molecule has 4 aromatic rings. The number of aromatic nitrogens is 4. The number of nitrogens with one attached hydrogen (secondary N) is 1. The van der Waals surface area contributed by atoms with Crippen LogP contribution in [0.1, 0.15) is 5.56 Å². The van der Waals surface area contributed by atoms with Crippen molar-refractivity contribution in [2.24, 2.45) is 0 Å². The van der Waals surface area contributed by atoms with Crippen LogP contribution in [0.5, 0.6) is 0 Å². The molecule has 0 spiro atoms. The molecular formula is C18H12F2N4OS. The fourth-order valence-corrected chi connectivity index (χ4v) is 3.61. The van der Waals surface area contributed by atoms with Crippen LogP contribution in [0.4, 0.5) is 8.78 Å². The van der Waals surface area contributed by atoms with E-state index in [0.29, 0.717) is 21.9 Å². The number of thioether (sulfide) groups is 1. The molecule has 2 heterocycles. The highest BCUT2D eigenvalue weighted by Crippen LogP contribution is 2.26. The first kappa shape index (κ1) is 16.5. The lowest BCUT2D eigenvalue weighted by Gasteiger charge is -2.12. The zero-order valence-corrected chi connectivity index (χ0v) is 14.1. The number of H-pyrrole nitrogens is 1. The van der Waals surface area contributed by atoms with Gasteiger partial charge in [-0.25, -0.2) is 13.8 Å². The summed E-state index contributed by atoms with van der Waals surface area (Å²) in [5, 5.41) is 7.18. The summed E-state index contributed by atoms with van der Waals surface area (Å²) in [6.45, 7) is 0. The van der Waals surface area contributed by atoms with Crippen LogP contribution < -0.4 is 5.56 Å². The monoisotopic (exact) mass is 370 g/mol. The number of hydrogen-bond acceptors (Lipinski definition) is 4. The Hall–Kier alpha value is -3.00. The third-order valence-corrected chi connectivity index (χ3v) is 4.84. The van der Waals surface area contributed by atoms with E-state index in [9.17, 15) is 13.6 Å². The molecule has 0 atom stereocenters. The van der Waals surface area contributed by atoms with E-state index in [1.807, 2.05) is 6.07 Å². The third-order valence-electron chi connectivity index (χ3n) is 3.87. The number of rotatable bonds is 4. The van der Waals surface area contributed by atoms with Gasteiger partial charge in [-0.05, 0) is 24.3 Å². The fourth-order valence-electron chi connectivity index (χ4n) is 2.58. The van der Waals surface area contributed by atoms with Crippen LogP contribution in [0, 0.1) is 11.6 Å². The maximum atomic E-state index is 13.9. The minimum atomic E-state index is -0.631. The Kier molecular flexibility index (Phi) is 4.26. The zero-order valence-electron chi connectivity index (χ0n) is 13.3. The molecule has 0 aliphatic heterocycles. The normalized spacial score (nSPS) is 11.2. The molecule has 0 fully saturated rings. The van der Waals surface area contributed by atoms with Gasteiger partial charge in [0, 0.05) is 11.3 Å². The van der Waals surface area contributed by atoms with Crippen LogP contribution in [-0.2, 0) is 5.75 Å². The number of hydrogen-bond donors (Lipinski definition) is 1. The maximum Gasteiger partial charge on any atom is 0.269 e. The van der Waals surface area contributed by atoms with Crippen molar-refractivity contribution in [3.63, 3.8) is 0 Å². The summed E-state index contributed by atoms with van der Waals surface area (Å²) in [6.07, 6.45) is 1.41. The van der Waals surface area contributed by atoms with Crippen molar-refractivity contribution in [3.8, 4) is 5.69 Å². The Morgan fingerprint density at radius 2 is 1.77 bits per heavy atom.